The molecule has 1 amide bonds. The molecule has 0 aliphatic heterocycles. The lowest BCUT2D eigenvalue weighted by atomic mass is 10.3. The van der Waals surface area contributed by atoms with Gasteiger partial charge in [0, 0.05) is 11.9 Å². The minimum Gasteiger partial charge on any atom is -0.351 e. The molecular formula is C11H19N3OS. The van der Waals surface area contributed by atoms with E-state index in [1.165, 1.54) is 11.3 Å². The highest BCUT2D eigenvalue weighted by atomic mass is 32.1. The van der Waals surface area contributed by atoms with Crippen LogP contribution in [0, 0.1) is 0 Å². The molecule has 0 atom stereocenters. The molecule has 90 valence electrons. The number of hydrogen-bond donors (Lipinski definition) is 1. The van der Waals surface area contributed by atoms with Crippen LogP contribution in [-0.2, 0) is 0 Å². The monoisotopic (exact) mass is 241 g/mol. The number of thiazole rings is 1. The summed E-state index contributed by atoms with van der Waals surface area (Å²) in [5, 5.41) is 4.63. The fraction of sp³-hybridized carbons (Fsp3) is 0.636. The van der Waals surface area contributed by atoms with Crippen molar-refractivity contribution in [3.05, 3.63) is 16.6 Å². The van der Waals surface area contributed by atoms with Crippen LogP contribution in [0.25, 0.3) is 0 Å². The molecule has 5 heteroatoms. The van der Waals surface area contributed by atoms with E-state index in [4.69, 9.17) is 0 Å². The third kappa shape index (κ3) is 4.28. The molecule has 0 aromatic carbocycles. The summed E-state index contributed by atoms with van der Waals surface area (Å²) >= 11 is 1.44. The number of nitrogens with one attached hydrogen (secondary N) is 1. The second-order valence-corrected chi connectivity index (χ2v) is 4.23. The first-order valence-corrected chi connectivity index (χ1v) is 6.61. The van der Waals surface area contributed by atoms with E-state index in [1.54, 1.807) is 10.9 Å². The molecule has 1 aromatic rings. The van der Waals surface area contributed by atoms with Crippen molar-refractivity contribution in [1.29, 1.82) is 0 Å². The summed E-state index contributed by atoms with van der Waals surface area (Å²) in [6.07, 6.45) is 0.984. The predicted molar refractivity (Wildman–Crippen MR) is 66.9 cm³/mol. The van der Waals surface area contributed by atoms with Crippen molar-refractivity contribution in [2.45, 2.75) is 20.3 Å². The Morgan fingerprint density at radius 2 is 2.25 bits per heavy atom. The van der Waals surface area contributed by atoms with E-state index in [0.717, 1.165) is 26.1 Å². The Morgan fingerprint density at radius 1 is 1.50 bits per heavy atom. The van der Waals surface area contributed by atoms with Gasteiger partial charge >= 0.3 is 0 Å². The van der Waals surface area contributed by atoms with Crippen molar-refractivity contribution < 1.29 is 4.79 Å². The topological polar surface area (TPSA) is 45.2 Å². The lowest BCUT2D eigenvalue weighted by Crippen LogP contribution is -2.30. The molecule has 16 heavy (non-hydrogen) atoms. The maximum absolute atomic E-state index is 11.5. The summed E-state index contributed by atoms with van der Waals surface area (Å²) < 4.78 is 0. The van der Waals surface area contributed by atoms with Crippen LogP contribution >= 0.6 is 11.3 Å². The molecule has 0 saturated carbocycles. The van der Waals surface area contributed by atoms with Gasteiger partial charge in [0.1, 0.15) is 5.69 Å². The number of carbonyl (C=O) groups is 1. The molecule has 0 saturated heterocycles. The second-order valence-electron chi connectivity index (χ2n) is 3.51. The molecule has 0 spiro atoms. The van der Waals surface area contributed by atoms with Crippen molar-refractivity contribution >= 4 is 17.2 Å². The Labute approximate surface area is 101 Å². The van der Waals surface area contributed by atoms with E-state index < -0.39 is 0 Å². The fourth-order valence-corrected chi connectivity index (χ4v) is 1.99. The summed E-state index contributed by atoms with van der Waals surface area (Å²) in [5.41, 5.74) is 2.19. The first-order valence-electron chi connectivity index (χ1n) is 5.66. The first-order chi connectivity index (χ1) is 7.77. The van der Waals surface area contributed by atoms with Crippen LogP contribution in [0.4, 0.5) is 0 Å². The number of amides is 1. The maximum Gasteiger partial charge on any atom is 0.270 e. The average molecular weight is 241 g/mol. The summed E-state index contributed by atoms with van der Waals surface area (Å²) in [7, 11) is 0. The molecule has 0 fully saturated rings. The lowest BCUT2D eigenvalue weighted by Gasteiger charge is -2.17. The Kier molecular flexibility index (Phi) is 6.03. The zero-order valence-electron chi connectivity index (χ0n) is 9.90. The van der Waals surface area contributed by atoms with Crippen LogP contribution in [0.3, 0.4) is 0 Å². The third-order valence-electron chi connectivity index (χ3n) is 2.50. The second kappa shape index (κ2) is 7.35. The number of carbonyl (C=O) groups excluding carboxylic acids is 1. The van der Waals surface area contributed by atoms with E-state index in [1.807, 2.05) is 0 Å². The minimum absolute atomic E-state index is 0.0687. The fourth-order valence-electron chi connectivity index (χ4n) is 1.46. The van der Waals surface area contributed by atoms with Gasteiger partial charge < -0.3 is 10.2 Å². The van der Waals surface area contributed by atoms with Crippen molar-refractivity contribution in [2.75, 3.05) is 26.2 Å². The Balaban J connectivity index is 2.14. The van der Waals surface area contributed by atoms with Gasteiger partial charge in [0.05, 0.1) is 5.51 Å². The SMILES string of the molecule is CCN(CC)CCCNC(=O)c1cscn1. The van der Waals surface area contributed by atoms with Crippen molar-refractivity contribution in [2.24, 2.45) is 0 Å². The Morgan fingerprint density at radius 3 is 2.81 bits per heavy atom. The molecule has 0 aliphatic carbocycles. The molecule has 0 bridgehead atoms. The van der Waals surface area contributed by atoms with Gasteiger partial charge in [0.15, 0.2) is 0 Å². The van der Waals surface area contributed by atoms with E-state index in [2.05, 4.69) is 29.0 Å². The average Bonchev–Trinajstić information content (AvgIpc) is 2.82. The van der Waals surface area contributed by atoms with E-state index in [9.17, 15) is 4.79 Å². The zero-order valence-corrected chi connectivity index (χ0v) is 10.7. The minimum atomic E-state index is -0.0687. The van der Waals surface area contributed by atoms with Crippen LogP contribution in [0.5, 0.6) is 0 Å². The van der Waals surface area contributed by atoms with Crippen LogP contribution in [-0.4, -0.2) is 42.0 Å². The highest BCUT2D eigenvalue weighted by Crippen LogP contribution is 2.00. The molecule has 0 unspecified atom stereocenters. The van der Waals surface area contributed by atoms with Gasteiger partial charge in [-0.25, -0.2) is 4.98 Å². The van der Waals surface area contributed by atoms with Gasteiger partial charge in [-0.2, -0.15) is 0 Å². The van der Waals surface area contributed by atoms with Crippen LogP contribution < -0.4 is 5.32 Å². The zero-order chi connectivity index (χ0) is 11.8. The number of aromatic nitrogens is 1. The van der Waals surface area contributed by atoms with Crippen molar-refractivity contribution in [1.82, 2.24) is 15.2 Å². The summed E-state index contributed by atoms with van der Waals surface area (Å²) in [5.74, 6) is -0.0687. The molecule has 1 N–H and O–H groups in total. The summed E-state index contributed by atoms with van der Waals surface area (Å²) in [4.78, 5) is 17.8. The van der Waals surface area contributed by atoms with Crippen LogP contribution in [0.2, 0.25) is 0 Å². The highest BCUT2D eigenvalue weighted by molar-refractivity contribution is 7.07. The molecule has 1 heterocycles. The highest BCUT2D eigenvalue weighted by Gasteiger charge is 2.06. The lowest BCUT2D eigenvalue weighted by molar-refractivity contribution is 0.0947. The van der Waals surface area contributed by atoms with Gasteiger partial charge in [-0.05, 0) is 26.1 Å². The smallest absolute Gasteiger partial charge is 0.270 e. The van der Waals surface area contributed by atoms with E-state index in [-0.39, 0.29) is 5.91 Å². The van der Waals surface area contributed by atoms with Gasteiger partial charge in [0.2, 0.25) is 0 Å². The Bertz CT molecular complexity index is 296. The third-order valence-corrected chi connectivity index (χ3v) is 3.08. The number of hydrogen-bond acceptors (Lipinski definition) is 4. The molecule has 4 nitrogen and oxygen atoms in total. The summed E-state index contributed by atoms with van der Waals surface area (Å²) in [6, 6.07) is 0. The summed E-state index contributed by atoms with van der Waals surface area (Å²) in [6.45, 7) is 8.18. The van der Waals surface area contributed by atoms with Gasteiger partial charge in [0.25, 0.3) is 5.91 Å². The normalized spacial score (nSPS) is 10.7. The van der Waals surface area contributed by atoms with Gasteiger partial charge in [-0.3, -0.25) is 4.79 Å². The number of nitrogens with zero attached hydrogens (tertiary/aromatic N) is 2. The Hall–Kier alpha value is -0.940. The van der Waals surface area contributed by atoms with Gasteiger partial charge in [-0.15, -0.1) is 11.3 Å². The largest absolute Gasteiger partial charge is 0.351 e. The quantitative estimate of drug-likeness (QED) is 0.738. The van der Waals surface area contributed by atoms with Crippen LogP contribution in [0.1, 0.15) is 30.8 Å². The van der Waals surface area contributed by atoms with Crippen molar-refractivity contribution in [3.63, 3.8) is 0 Å². The molecule has 0 radical (unpaired) electrons. The van der Waals surface area contributed by atoms with E-state index >= 15 is 0 Å². The molecule has 1 rings (SSSR count). The van der Waals surface area contributed by atoms with Crippen molar-refractivity contribution in [3.8, 4) is 0 Å². The predicted octanol–water partition coefficient (Wildman–Crippen LogP) is 1.60. The van der Waals surface area contributed by atoms with E-state index in [0.29, 0.717) is 12.2 Å². The molecule has 1 aromatic heterocycles. The maximum atomic E-state index is 11.5. The number of rotatable bonds is 7. The molecule has 0 aliphatic rings. The first kappa shape index (κ1) is 13.1. The van der Waals surface area contributed by atoms with Crippen LogP contribution in [0.15, 0.2) is 10.9 Å². The van der Waals surface area contributed by atoms with Gasteiger partial charge in [-0.1, -0.05) is 13.8 Å². The molecular weight excluding hydrogens is 222 g/mol. The standard InChI is InChI=1S/C11H19N3OS/c1-3-14(4-2)7-5-6-12-11(15)10-8-16-9-13-10/h8-9H,3-7H2,1-2H3,(H,12,15).